The molecule has 1 aromatic rings. The van der Waals surface area contributed by atoms with Crippen molar-refractivity contribution in [1.29, 1.82) is 0 Å². The lowest BCUT2D eigenvalue weighted by atomic mass is 9.91. The molecule has 1 atom stereocenters. The van der Waals surface area contributed by atoms with Gasteiger partial charge in [0.15, 0.2) is 0 Å². The van der Waals surface area contributed by atoms with Crippen LogP contribution >= 0.6 is 11.6 Å². The van der Waals surface area contributed by atoms with E-state index < -0.39 is 0 Å². The molecular formula is C13H22ClN3. The maximum absolute atomic E-state index is 6.21. The molecule has 0 radical (unpaired) electrons. The zero-order valence-electron chi connectivity index (χ0n) is 11.4. The molecule has 17 heavy (non-hydrogen) atoms. The predicted molar refractivity (Wildman–Crippen MR) is 70.4 cm³/mol. The molecular weight excluding hydrogens is 234 g/mol. The van der Waals surface area contributed by atoms with Gasteiger partial charge in [-0.3, -0.25) is 4.57 Å². The van der Waals surface area contributed by atoms with E-state index in [1.807, 2.05) is 0 Å². The number of nitrogens with zero attached hydrogens (tertiary/aromatic N) is 3. The van der Waals surface area contributed by atoms with E-state index in [2.05, 4.69) is 49.4 Å². The molecule has 0 N–H and O–H groups in total. The lowest BCUT2D eigenvalue weighted by Gasteiger charge is -2.24. The van der Waals surface area contributed by atoms with Crippen molar-refractivity contribution in [3.05, 3.63) is 11.1 Å². The average Bonchev–Trinajstić information content (AvgIpc) is 2.67. The molecule has 1 unspecified atom stereocenters. The summed E-state index contributed by atoms with van der Waals surface area (Å²) in [5, 5.41) is 8.85. The number of hydrogen-bond acceptors (Lipinski definition) is 2. The van der Waals surface area contributed by atoms with Crippen molar-refractivity contribution in [2.45, 2.75) is 65.3 Å². The fourth-order valence-electron chi connectivity index (χ4n) is 2.73. The number of hydrogen-bond donors (Lipinski definition) is 0. The first-order valence-electron chi connectivity index (χ1n) is 6.32. The molecule has 1 aromatic heterocycles. The van der Waals surface area contributed by atoms with Crippen LogP contribution in [0.25, 0.3) is 0 Å². The van der Waals surface area contributed by atoms with Crippen molar-refractivity contribution in [2.24, 2.45) is 5.41 Å². The van der Waals surface area contributed by atoms with Gasteiger partial charge in [-0.15, -0.1) is 10.2 Å². The quantitative estimate of drug-likeness (QED) is 0.760. The van der Waals surface area contributed by atoms with E-state index in [-0.39, 0.29) is 5.41 Å². The largest absolute Gasteiger partial charge is 0.298 e. The zero-order valence-corrected chi connectivity index (χ0v) is 12.2. The molecule has 0 aliphatic heterocycles. The Morgan fingerprint density at radius 3 is 2.41 bits per heavy atom. The van der Waals surface area contributed by atoms with E-state index in [4.69, 9.17) is 11.6 Å². The highest BCUT2D eigenvalue weighted by atomic mass is 35.5. The summed E-state index contributed by atoms with van der Waals surface area (Å²) in [7, 11) is 0. The third kappa shape index (κ3) is 2.49. The van der Waals surface area contributed by atoms with Crippen LogP contribution in [-0.4, -0.2) is 14.8 Å². The van der Waals surface area contributed by atoms with Gasteiger partial charge in [-0.2, -0.15) is 0 Å². The van der Waals surface area contributed by atoms with Crippen molar-refractivity contribution < 1.29 is 0 Å². The van der Waals surface area contributed by atoms with Crippen LogP contribution in [0.4, 0.5) is 0 Å². The average molecular weight is 256 g/mol. The van der Waals surface area contributed by atoms with E-state index in [0.29, 0.717) is 16.7 Å². The van der Waals surface area contributed by atoms with Gasteiger partial charge in [0.2, 0.25) is 5.28 Å². The highest BCUT2D eigenvalue weighted by Crippen LogP contribution is 2.45. The molecule has 1 fully saturated rings. The highest BCUT2D eigenvalue weighted by Gasteiger charge is 2.36. The Morgan fingerprint density at radius 2 is 1.94 bits per heavy atom. The zero-order chi connectivity index (χ0) is 12.8. The van der Waals surface area contributed by atoms with Gasteiger partial charge >= 0.3 is 0 Å². The Bertz CT molecular complexity index is 415. The van der Waals surface area contributed by atoms with Crippen LogP contribution in [0.15, 0.2) is 0 Å². The van der Waals surface area contributed by atoms with Gasteiger partial charge in [-0.1, -0.05) is 34.6 Å². The van der Waals surface area contributed by atoms with Crippen molar-refractivity contribution in [3.63, 3.8) is 0 Å². The molecule has 3 nitrogen and oxygen atoms in total. The van der Waals surface area contributed by atoms with Crippen LogP contribution < -0.4 is 0 Å². The van der Waals surface area contributed by atoms with Gasteiger partial charge in [-0.05, 0) is 36.3 Å². The van der Waals surface area contributed by atoms with Crippen molar-refractivity contribution >= 4 is 11.6 Å². The highest BCUT2D eigenvalue weighted by molar-refractivity contribution is 6.28. The van der Waals surface area contributed by atoms with Crippen LogP contribution in [0.2, 0.25) is 5.28 Å². The van der Waals surface area contributed by atoms with Gasteiger partial charge in [-0.25, -0.2) is 0 Å². The molecule has 0 bridgehead atoms. The van der Waals surface area contributed by atoms with Gasteiger partial charge < -0.3 is 0 Å². The maximum atomic E-state index is 6.21. The first-order valence-corrected chi connectivity index (χ1v) is 6.69. The molecule has 96 valence electrons. The first kappa shape index (κ1) is 12.9. The second kappa shape index (κ2) is 3.98. The standard InChI is InChI=1S/C13H22ClN3/c1-12(2,3)10-15-16-11(14)17(10)9-6-7-13(4,5)8-9/h9H,6-8H2,1-5H3. The van der Waals surface area contributed by atoms with Gasteiger partial charge in [0.25, 0.3) is 0 Å². The van der Waals surface area contributed by atoms with Crippen LogP contribution in [0.3, 0.4) is 0 Å². The molecule has 1 saturated carbocycles. The molecule has 1 aliphatic rings. The Morgan fingerprint density at radius 1 is 1.29 bits per heavy atom. The molecule has 0 aromatic carbocycles. The van der Waals surface area contributed by atoms with Gasteiger partial charge in [0.05, 0.1) is 0 Å². The van der Waals surface area contributed by atoms with Crippen molar-refractivity contribution in [3.8, 4) is 0 Å². The Labute approximate surface area is 109 Å². The van der Waals surface area contributed by atoms with Gasteiger partial charge in [0.1, 0.15) is 5.82 Å². The third-order valence-corrected chi connectivity index (χ3v) is 3.89. The fraction of sp³-hybridized carbons (Fsp3) is 0.846. The minimum Gasteiger partial charge on any atom is -0.298 e. The van der Waals surface area contributed by atoms with Crippen LogP contribution in [-0.2, 0) is 5.41 Å². The lowest BCUT2D eigenvalue weighted by Crippen LogP contribution is -2.22. The Hall–Kier alpha value is -0.570. The second-order valence-corrected chi connectivity index (χ2v) is 7.31. The second-order valence-electron chi connectivity index (χ2n) is 6.97. The molecule has 0 saturated heterocycles. The number of aromatic nitrogens is 3. The van der Waals surface area contributed by atoms with E-state index in [1.165, 1.54) is 12.8 Å². The smallest absolute Gasteiger partial charge is 0.225 e. The monoisotopic (exact) mass is 255 g/mol. The Kier molecular flexibility index (Phi) is 3.01. The van der Waals surface area contributed by atoms with Crippen LogP contribution in [0.1, 0.15) is 65.7 Å². The van der Waals surface area contributed by atoms with E-state index in [0.717, 1.165) is 12.2 Å². The molecule has 1 heterocycles. The summed E-state index contributed by atoms with van der Waals surface area (Å²) in [5.74, 6) is 1.00. The van der Waals surface area contributed by atoms with Crippen molar-refractivity contribution in [1.82, 2.24) is 14.8 Å². The molecule has 2 rings (SSSR count). The molecule has 1 aliphatic carbocycles. The topological polar surface area (TPSA) is 30.7 Å². The number of halogens is 1. The number of rotatable bonds is 1. The first-order chi connectivity index (χ1) is 7.71. The van der Waals surface area contributed by atoms with Gasteiger partial charge in [0, 0.05) is 11.5 Å². The van der Waals surface area contributed by atoms with E-state index in [9.17, 15) is 0 Å². The summed E-state index contributed by atoms with van der Waals surface area (Å²) < 4.78 is 2.15. The molecule has 4 heteroatoms. The van der Waals surface area contributed by atoms with Crippen molar-refractivity contribution in [2.75, 3.05) is 0 Å². The minimum atomic E-state index is -0.00707. The van der Waals surface area contributed by atoms with Crippen LogP contribution in [0, 0.1) is 5.41 Å². The summed E-state index contributed by atoms with van der Waals surface area (Å²) in [4.78, 5) is 0. The third-order valence-electron chi connectivity index (χ3n) is 3.63. The minimum absolute atomic E-state index is 0.00707. The normalized spacial score (nSPS) is 24.2. The summed E-state index contributed by atoms with van der Waals surface area (Å²) in [6.45, 7) is 11.1. The lowest BCUT2D eigenvalue weighted by molar-refractivity contribution is 0.350. The summed E-state index contributed by atoms with van der Waals surface area (Å²) in [6.07, 6.45) is 3.58. The summed E-state index contributed by atoms with van der Waals surface area (Å²) >= 11 is 6.21. The van der Waals surface area contributed by atoms with Crippen LogP contribution in [0.5, 0.6) is 0 Å². The fourth-order valence-corrected chi connectivity index (χ4v) is 2.98. The van der Waals surface area contributed by atoms with E-state index in [1.54, 1.807) is 0 Å². The maximum Gasteiger partial charge on any atom is 0.225 e. The summed E-state index contributed by atoms with van der Waals surface area (Å²) in [6, 6.07) is 0.460. The summed E-state index contributed by atoms with van der Waals surface area (Å²) in [5.41, 5.74) is 0.403. The Balaban J connectivity index is 2.36. The predicted octanol–water partition coefficient (Wildman–Crippen LogP) is 3.98. The molecule has 0 amide bonds. The van der Waals surface area contributed by atoms with E-state index >= 15 is 0 Å². The molecule has 0 spiro atoms. The SMILES string of the molecule is CC1(C)CCC(n2c(Cl)nnc2C(C)(C)C)C1.